The zero-order valence-electron chi connectivity index (χ0n) is 8.44. The molecule has 2 rings (SSSR count). The van der Waals surface area contributed by atoms with Gasteiger partial charge in [-0.1, -0.05) is 17.4 Å². The second kappa shape index (κ2) is 4.43. The van der Waals surface area contributed by atoms with E-state index in [2.05, 4.69) is 21.6 Å². The van der Waals surface area contributed by atoms with Gasteiger partial charge in [-0.15, -0.1) is 5.10 Å². The minimum atomic E-state index is 0.618. The molecule has 0 amide bonds. The molecule has 0 spiro atoms. The molecule has 2 N–H and O–H groups in total. The number of aromatic nitrogens is 2. The van der Waals surface area contributed by atoms with Crippen LogP contribution < -0.4 is 5.32 Å². The van der Waals surface area contributed by atoms with E-state index in [4.69, 9.17) is 17.5 Å². The number of aromatic amines is 1. The Hall–Kier alpha value is -1.71. The van der Waals surface area contributed by atoms with Crippen LogP contribution >= 0.6 is 23.6 Å². The number of rotatable bonds is 2. The number of nitrogens with zero attached hydrogens (tertiary/aromatic N) is 2. The first-order valence-corrected chi connectivity index (χ1v) is 5.75. The summed E-state index contributed by atoms with van der Waals surface area (Å²) in [5, 5.41) is 19.3. The van der Waals surface area contributed by atoms with Crippen LogP contribution in [0.15, 0.2) is 18.2 Å². The normalized spacial score (nSPS) is 9.75. The fraction of sp³-hybridized carbons (Fsp3) is 0.100. The summed E-state index contributed by atoms with van der Waals surface area (Å²) in [6.07, 6.45) is 0. The number of anilines is 2. The summed E-state index contributed by atoms with van der Waals surface area (Å²) in [7, 11) is 0. The number of hydrogen-bond acceptors (Lipinski definition) is 5. The van der Waals surface area contributed by atoms with Crippen LogP contribution in [0.25, 0.3) is 0 Å². The van der Waals surface area contributed by atoms with E-state index >= 15 is 0 Å². The quantitative estimate of drug-likeness (QED) is 0.801. The molecule has 4 nitrogen and oxygen atoms in total. The van der Waals surface area contributed by atoms with Crippen molar-refractivity contribution in [1.29, 1.82) is 5.26 Å². The van der Waals surface area contributed by atoms with Gasteiger partial charge in [0.15, 0.2) is 3.95 Å². The van der Waals surface area contributed by atoms with Crippen LogP contribution in [-0.2, 0) is 0 Å². The molecule has 0 fully saturated rings. The minimum absolute atomic E-state index is 0.618. The first-order chi connectivity index (χ1) is 7.69. The molecule has 6 heteroatoms. The van der Waals surface area contributed by atoms with Crippen LogP contribution in [0.5, 0.6) is 0 Å². The van der Waals surface area contributed by atoms with Crippen molar-refractivity contribution in [3.8, 4) is 6.07 Å². The number of nitrogens with one attached hydrogen (secondary N) is 2. The van der Waals surface area contributed by atoms with Gasteiger partial charge in [-0.05, 0) is 36.8 Å². The van der Waals surface area contributed by atoms with Gasteiger partial charge in [0.25, 0.3) is 0 Å². The predicted octanol–water partition coefficient (Wildman–Crippen LogP) is 3.12. The van der Waals surface area contributed by atoms with E-state index in [-0.39, 0.29) is 0 Å². The Balaban J connectivity index is 2.34. The Kier molecular flexibility index (Phi) is 2.99. The monoisotopic (exact) mass is 248 g/mol. The van der Waals surface area contributed by atoms with Gasteiger partial charge in [-0.2, -0.15) is 5.26 Å². The number of aryl methyl sites for hydroxylation is 1. The van der Waals surface area contributed by atoms with Gasteiger partial charge >= 0.3 is 0 Å². The zero-order valence-corrected chi connectivity index (χ0v) is 10.1. The van der Waals surface area contributed by atoms with Crippen LogP contribution in [0.1, 0.15) is 11.1 Å². The second-order valence-electron chi connectivity index (χ2n) is 3.18. The SMILES string of the molecule is Cc1ccc(C#N)cc1Nc1n[nH]c(=S)s1. The van der Waals surface area contributed by atoms with Crippen molar-refractivity contribution in [1.82, 2.24) is 10.2 Å². The minimum Gasteiger partial charge on any atom is -0.330 e. The molecule has 80 valence electrons. The van der Waals surface area contributed by atoms with Crippen molar-refractivity contribution >= 4 is 34.4 Å². The Labute approximate surface area is 102 Å². The van der Waals surface area contributed by atoms with Gasteiger partial charge in [-0.3, -0.25) is 5.10 Å². The van der Waals surface area contributed by atoms with E-state index in [1.165, 1.54) is 11.3 Å². The fourth-order valence-corrected chi connectivity index (χ4v) is 2.03. The van der Waals surface area contributed by atoms with Crippen molar-refractivity contribution in [2.75, 3.05) is 5.32 Å². The Morgan fingerprint density at radius 2 is 2.38 bits per heavy atom. The van der Waals surface area contributed by atoms with Crippen molar-refractivity contribution in [3.05, 3.63) is 33.3 Å². The summed E-state index contributed by atoms with van der Waals surface area (Å²) < 4.78 is 0.622. The maximum Gasteiger partial charge on any atom is 0.208 e. The number of H-pyrrole nitrogens is 1. The molecule has 0 saturated carbocycles. The van der Waals surface area contributed by atoms with E-state index < -0.39 is 0 Å². The van der Waals surface area contributed by atoms with Crippen LogP contribution in [-0.4, -0.2) is 10.2 Å². The molecule has 1 aromatic heterocycles. The molecule has 0 aliphatic heterocycles. The van der Waals surface area contributed by atoms with E-state index in [0.29, 0.717) is 14.6 Å². The lowest BCUT2D eigenvalue weighted by Gasteiger charge is -2.05. The van der Waals surface area contributed by atoms with E-state index in [1.807, 2.05) is 13.0 Å². The Morgan fingerprint density at radius 1 is 1.56 bits per heavy atom. The van der Waals surface area contributed by atoms with Crippen LogP contribution in [0.3, 0.4) is 0 Å². The first-order valence-electron chi connectivity index (χ1n) is 4.52. The van der Waals surface area contributed by atoms with Gasteiger partial charge in [0.05, 0.1) is 11.6 Å². The molecule has 1 heterocycles. The number of benzene rings is 1. The van der Waals surface area contributed by atoms with Gasteiger partial charge in [0.1, 0.15) is 0 Å². The largest absolute Gasteiger partial charge is 0.330 e. The van der Waals surface area contributed by atoms with E-state index in [9.17, 15) is 0 Å². The van der Waals surface area contributed by atoms with E-state index in [0.717, 1.165) is 11.3 Å². The Morgan fingerprint density at radius 3 is 3.00 bits per heavy atom. The summed E-state index contributed by atoms with van der Waals surface area (Å²) in [5.74, 6) is 0. The summed E-state index contributed by atoms with van der Waals surface area (Å²) in [5.41, 5.74) is 2.55. The third-order valence-corrected chi connectivity index (χ3v) is 3.05. The lowest BCUT2D eigenvalue weighted by atomic mass is 10.1. The summed E-state index contributed by atoms with van der Waals surface area (Å²) in [4.78, 5) is 0. The Bertz CT molecular complexity index is 606. The molecule has 1 aromatic carbocycles. The first kappa shape index (κ1) is 10.8. The second-order valence-corrected chi connectivity index (χ2v) is 4.85. The highest BCUT2D eigenvalue weighted by Gasteiger charge is 2.03. The molecule has 0 aliphatic carbocycles. The van der Waals surface area contributed by atoms with Crippen molar-refractivity contribution < 1.29 is 0 Å². The third kappa shape index (κ3) is 2.27. The molecular weight excluding hydrogens is 240 g/mol. The topological polar surface area (TPSA) is 64.5 Å². The van der Waals surface area contributed by atoms with Crippen LogP contribution in [0.2, 0.25) is 0 Å². The number of hydrogen-bond donors (Lipinski definition) is 2. The predicted molar refractivity (Wildman–Crippen MR) is 66.5 cm³/mol. The zero-order chi connectivity index (χ0) is 11.5. The van der Waals surface area contributed by atoms with Gasteiger partial charge in [0, 0.05) is 5.69 Å². The molecule has 0 radical (unpaired) electrons. The van der Waals surface area contributed by atoms with E-state index in [1.54, 1.807) is 12.1 Å². The molecule has 0 aliphatic rings. The van der Waals surface area contributed by atoms with Gasteiger partial charge in [-0.25, -0.2) is 0 Å². The van der Waals surface area contributed by atoms with Crippen molar-refractivity contribution in [2.24, 2.45) is 0 Å². The van der Waals surface area contributed by atoms with Crippen LogP contribution in [0.4, 0.5) is 10.8 Å². The maximum atomic E-state index is 8.81. The highest BCUT2D eigenvalue weighted by Crippen LogP contribution is 2.22. The van der Waals surface area contributed by atoms with Gasteiger partial charge in [0.2, 0.25) is 5.13 Å². The van der Waals surface area contributed by atoms with Crippen molar-refractivity contribution in [2.45, 2.75) is 6.92 Å². The lowest BCUT2D eigenvalue weighted by molar-refractivity contribution is 1.08. The van der Waals surface area contributed by atoms with Gasteiger partial charge < -0.3 is 5.32 Å². The maximum absolute atomic E-state index is 8.81. The fourth-order valence-electron chi connectivity index (χ4n) is 1.22. The highest BCUT2D eigenvalue weighted by molar-refractivity contribution is 7.73. The molecular formula is C10H8N4S2. The average Bonchev–Trinajstić information content (AvgIpc) is 2.67. The molecule has 0 saturated heterocycles. The lowest BCUT2D eigenvalue weighted by Crippen LogP contribution is -1.93. The molecule has 0 bridgehead atoms. The van der Waals surface area contributed by atoms with Crippen molar-refractivity contribution in [3.63, 3.8) is 0 Å². The molecule has 0 atom stereocenters. The standard InChI is InChI=1S/C10H8N4S2/c1-6-2-3-7(5-11)4-8(6)12-9-13-14-10(15)16-9/h2-4H,1H3,(H,12,13)(H,14,15). The number of nitriles is 1. The summed E-state index contributed by atoms with van der Waals surface area (Å²) in [6, 6.07) is 7.57. The molecule has 0 unspecified atom stereocenters. The molecule has 2 aromatic rings. The molecule has 16 heavy (non-hydrogen) atoms. The summed E-state index contributed by atoms with van der Waals surface area (Å²) >= 11 is 6.30. The highest BCUT2D eigenvalue weighted by atomic mass is 32.1. The van der Waals surface area contributed by atoms with Crippen LogP contribution in [0, 0.1) is 22.2 Å². The third-order valence-electron chi connectivity index (χ3n) is 2.05. The smallest absolute Gasteiger partial charge is 0.208 e. The summed E-state index contributed by atoms with van der Waals surface area (Å²) in [6.45, 7) is 1.97. The average molecular weight is 248 g/mol.